The Kier molecular flexibility index (Phi) is 6.56. The SMILES string of the molecule is CCNc1ccc2c(c1)Oc1cc(NCC)ccc1C2=C1C(O)=CC(N(CC)CC)=C[C-]1O. The van der Waals surface area contributed by atoms with Gasteiger partial charge in [-0.1, -0.05) is 35.4 Å². The van der Waals surface area contributed by atoms with E-state index in [0.717, 1.165) is 60.0 Å². The van der Waals surface area contributed by atoms with Gasteiger partial charge in [-0.05, 0) is 62.8 Å². The van der Waals surface area contributed by atoms with Gasteiger partial charge in [0.25, 0.3) is 0 Å². The highest BCUT2D eigenvalue weighted by atomic mass is 16.5. The maximum atomic E-state index is 11.1. The molecule has 0 radical (unpaired) electrons. The number of anilines is 2. The van der Waals surface area contributed by atoms with Crippen LogP contribution in [0.4, 0.5) is 11.4 Å². The first-order valence-electron chi connectivity index (χ1n) is 11.6. The first-order valence-corrected chi connectivity index (χ1v) is 11.6. The molecule has 0 unspecified atom stereocenters. The van der Waals surface area contributed by atoms with Gasteiger partial charge in [0.1, 0.15) is 11.5 Å². The minimum Gasteiger partial charge on any atom is -0.551 e. The zero-order chi connectivity index (χ0) is 23.5. The van der Waals surface area contributed by atoms with Crippen LogP contribution in [-0.4, -0.2) is 41.3 Å². The fourth-order valence-electron chi connectivity index (χ4n) is 4.41. The number of benzene rings is 2. The molecule has 33 heavy (non-hydrogen) atoms. The molecule has 2 aromatic carbocycles. The highest BCUT2D eigenvalue weighted by molar-refractivity contribution is 5.94. The molecule has 174 valence electrons. The zero-order valence-electron chi connectivity index (χ0n) is 19.7. The number of rotatable bonds is 7. The fraction of sp³-hybridized carbons (Fsp3) is 0.296. The van der Waals surface area contributed by atoms with E-state index in [-0.39, 0.29) is 11.9 Å². The van der Waals surface area contributed by atoms with Crippen LogP contribution in [0.5, 0.6) is 11.5 Å². The van der Waals surface area contributed by atoms with Crippen LogP contribution in [0.25, 0.3) is 5.57 Å². The number of nitrogens with one attached hydrogen (secondary N) is 2. The Labute approximate surface area is 195 Å². The van der Waals surface area contributed by atoms with Crippen molar-refractivity contribution >= 4 is 16.9 Å². The first-order chi connectivity index (χ1) is 16.0. The Morgan fingerprint density at radius 2 is 1.42 bits per heavy atom. The lowest BCUT2D eigenvalue weighted by atomic mass is 9.85. The summed E-state index contributed by atoms with van der Waals surface area (Å²) in [6.07, 6.45) is 3.49. The molecule has 1 aliphatic carbocycles. The lowest BCUT2D eigenvalue weighted by Crippen LogP contribution is -2.24. The number of hydrogen-bond acceptors (Lipinski definition) is 6. The number of likely N-dealkylation sites (N-methyl/N-ethyl adjacent to an activating group) is 1. The summed E-state index contributed by atoms with van der Waals surface area (Å²) in [5.41, 5.74) is 5.49. The Bertz CT molecular complexity index is 1070. The molecule has 0 atom stereocenters. The van der Waals surface area contributed by atoms with Crippen molar-refractivity contribution in [1.29, 1.82) is 0 Å². The Morgan fingerprint density at radius 1 is 0.879 bits per heavy atom. The first kappa shape index (κ1) is 22.7. The summed E-state index contributed by atoms with van der Waals surface area (Å²) in [7, 11) is 0. The molecule has 0 bridgehead atoms. The van der Waals surface area contributed by atoms with Crippen molar-refractivity contribution in [3.63, 3.8) is 0 Å². The van der Waals surface area contributed by atoms with Gasteiger partial charge in [-0.25, -0.2) is 0 Å². The predicted molar refractivity (Wildman–Crippen MR) is 134 cm³/mol. The Morgan fingerprint density at radius 3 is 1.88 bits per heavy atom. The predicted octanol–water partition coefficient (Wildman–Crippen LogP) is 6.04. The Balaban J connectivity index is 1.91. The third-order valence-corrected chi connectivity index (χ3v) is 5.94. The fourth-order valence-corrected chi connectivity index (χ4v) is 4.41. The van der Waals surface area contributed by atoms with Gasteiger partial charge in [0.05, 0.1) is 0 Å². The van der Waals surface area contributed by atoms with Gasteiger partial charge in [0.15, 0.2) is 0 Å². The van der Waals surface area contributed by atoms with Crippen LogP contribution in [0.15, 0.2) is 65.6 Å². The minimum absolute atomic E-state index is 0.0391. The molecule has 2 aliphatic rings. The molecule has 0 aromatic heterocycles. The van der Waals surface area contributed by atoms with Gasteiger partial charge in [-0.3, -0.25) is 0 Å². The smallest absolute Gasteiger partial charge is 0.128 e. The molecule has 4 rings (SSSR count). The molecule has 4 N–H and O–H groups in total. The maximum Gasteiger partial charge on any atom is 0.128 e. The van der Waals surface area contributed by atoms with E-state index in [9.17, 15) is 10.2 Å². The lowest BCUT2D eigenvalue weighted by molar-refractivity contribution is 0.320. The van der Waals surface area contributed by atoms with Gasteiger partial charge in [-0.15, -0.1) is 0 Å². The van der Waals surface area contributed by atoms with Crippen LogP contribution in [0, 0.1) is 6.10 Å². The molecule has 2 aromatic rings. The van der Waals surface area contributed by atoms with Crippen LogP contribution in [0.3, 0.4) is 0 Å². The van der Waals surface area contributed by atoms with Crippen LogP contribution in [0.2, 0.25) is 0 Å². The van der Waals surface area contributed by atoms with Crippen molar-refractivity contribution in [2.75, 3.05) is 36.8 Å². The van der Waals surface area contributed by atoms with Crippen molar-refractivity contribution in [2.45, 2.75) is 27.7 Å². The van der Waals surface area contributed by atoms with E-state index in [2.05, 4.69) is 29.4 Å². The maximum absolute atomic E-state index is 11.1. The molecule has 6 nitrogen and oxygen atoms in total. The quantitative estimate of drug-likeness (QED) is 0.331. The number of fused-ring (bicyclic) bond motifs is 2. The van der Waals surface area contributed by atoms with E-state index < -0.39 is 0 Å². The highest BCUT2D eigenvalue weighted by Gasteiger charge is 2.26. The van der Waals surface area contributed by atoms with E-state index >= 15 is 0 Å². The van der Waals surface area contributed by atoms with Crippen molar-refractivity contribution in [3.05, 3.63) is 82.8 Å². The van der Waals surface area contributed by atoms with Crippen LogP contribution in [-0.2, 0) is 0 Å². The molecular weight excluding hydrogens is 414 g/mol. The molecule has 1 heterocycles. The summed E-state index contributed by atoms with van der Waals surface area (Å²) in [5.74, 6) is 1.39. The average Bonchev–Trinajstić information content (AvgIpc) is 2.79. The van der Waals surface area contributed by atoms with Gasteiger partial charge in [0, 0.05) is 55.4 Å². The second kappa shape index (κ2) is 9.55. The summed E-state index contributed by atoms with van der Waals surface area (Å²) in [6.45, 7) is 11.4. The number of aliphatic hydroxyl groups excluding tert-OH is 2. The van der Waals surface area contributed by atoms with Crippen molar-refractivity contribution in [3.8, 4) is 11.5 Å². The van der Waals surface area contributed by atoms with E-state index in [1.54, 1.807) is 12.2 Å². The molecule has 0 amide bonds. The van der Waals surface area contributed by atoms with E-state index in [1.807, 2.05) is 50.2 Å². The van der Waals surface area contributed by atoms with Gasteiger partial charge in [-0.2, -0.15) is 0 Å². The van der Waals surface area contributed by atoms with Crippen LogP contribution >= 0.6 is 0 Å². The topological polar surface area (TPSA) is 77.0 Å². The second-order valence-corrected chi connectivity index (χ2v) is 7.99. The molecule has 0 saturated heterocycles. The number of nitrogens with zero attached hydrogens (tertiary/aromatic N) is 1. The summed E-state index contributed by atoms with van der Waals surface area (Å²) >= 11 is 0. The van der Waals surface area contributed by atoms with E-state index in [0.29, 0.717) is 17.1 Å². The third-order valence-electron chi connectivity index (χ3n) is 5.94. The van der Waals surface area contributed by atoms with E-state index in [4.69, 9.17) is 4.74 Å². The molecule has 1 aliphatic heterocycles. The highest BCUT2D eigenvalue weighted by Crippen LogP contribution is 2.49. The summed E-state index contributed by atoms with van der Waals surface area (Å²) in [5, 5.41) is 28.9. The van der Waals surface area contributed by atoms with Crippen molar-refractivity contribution in [2.24, 2.45) is 0 Å². The molecular formula is C27H32N3O3-. The van der Waals surface area contributed by atoms with Crippen molar-refractivity contribution < 1.29 is 14.9 Å². The number of aliphatic hydroxyl groups is 2. The summed E-state index contributed by atoms with van der Waals surface area (Å²) in [4.78, 5) is 2.09. The van der Waals surface area contributed by atoms with Crippen molar-refractivity contribution in [1.82, 2.24) is 4.90 Å². The minimum atomic E-state index is 0.0391. The van der Waals surface area contributed by atoms with Gasteiger partial charge < -0.3 is 30.5 Å². The normalized spacial score (nSPS) is 14.6. The van der Waals surface area contributed by atoms with E-state index in [1.165, 1.54) is 0 Å². The molecule has 0 fully saturated rings. The standard InChI is InChI=1S/C27H32N3O3/c1-5-28-17-9-11-20-24(13-17)33-25-14-18(29-6-2)10-12-21(25)26(20)27-22(31)15-19(16-23(27)32)30(7-3)8-4/h9-16,28-29,31-32H,5-8H2,1-4H3/q-1. The van der Waals surface area contributed by atoms with Crippen LogP contribution in [0.1, 0.15) is 38.8 Å². The molecule has 0 saturated carbocycles. The van der Waals surface area contributed by atoms with Gasteiger partial charge in [0.2, 0.25) is 0 Å². The molecule has 0 spiro atoms. The number of hydrogen-bond donors (Lipinski definition) is 4. The molecule has 6 heteroatoms. The monoisotopic (exact) mass is 446 g/mol. The summed E-state index contributed by atoms with van der Waals surface area (Å²) < 4.78 is 6.31. The lowest BCUT2D eigenvalue weighted by Gasteiger charge is -2.36. The number of ether oxygens (including phenoxy) is 1. The van der Waals surface area contributed by atoms with Gasteiger partial charge >= 0.3 is 0 Å². The second-order valence-electron chi connectivity index (χ2n) is 7.99. The largest absolute Gasteiger partial charge is 0.551 e. The Hall–Kier alpha value is -3.51. The van der Waals surface area contributed by atoms with Crippen LogP contribution < -0.4 is 15.4 Å². The number of allylic oxidation sites excluding steroid dienone is 1. The zero-order valence-corrected chi connectivity index (χ0v) is 19.7. The third kappa shape index (κ3) is 4.26. The average molecular weight is 447 g/mol. The summed E-state index contributed by atoms with van der Waals surface area (Å²) in [6, 6.07) is 11.8.